The molecule has 2 amide bonds. The van der Waals surface area contributed by atoms with E-state index in [0.29, 0.717) is 31.7 Å². The maximum absolute atomic E-state index is 13.6. The van der Waals surface area contributed by atoms with Crippen LogP contribution in [0.5, 0.6) is 0 Å². The lowest BCUT2D eigenvalue weighted by atomic mass is 10.0. The summed E-state index contributed by atoms with van der Waals surface area (Å²) in [6.45, 7) is 5.11. The molecule has 4 nitrogen and oxygen atoms in total. The van der Waals surface area contributed by atoms with Gasteiger partial charge in [-0.3, -0.25) is 9.59 Å². The minimum atomic E-state index is -0.560. The summed E-state index contributed by atoms with van der Waals surface area (Å²) in [7, 11) is 0. The van der Waals surface area contributed by atoms with Crippen LogP contribution in [-0.4, -0.2) is 35.1 Å². The van der Waals surface area contributed by atoms with E-state index in [-0.39, 0.29) is 11.8 Å². The van der Waals surface area contributed by atoms with Crippen LogP contribution in [0.15, 0.2) is 84.9 Å². The minimum absolute atomic E-state index is 0.0152. The lowest BCUT2D eigenvalue weighted by molar-refractivity contribution is -0.141. The fourth-order valence-electron chi connectivity index (χ4n) is 3.96. The molecule has 0 saturated carbocycles. The van der Waals surface area contributed by atoms with E-state index < -0.39 is 6.04 Å². The van der Waals surface area contributed by atoms with Crippen molar-refractivity contribution < 1.29 is 9.59 Å². The lowest BCUT2D eigenvalue weighted by Crippen LogP contribution is -2.50. The highest BCUT2D eigenvalue weighted by molar-refractivity contribution is 7.98. The number of nitrogens with zero attached hydrogens (tertiary/aromatic N) is 1. The number of thioether (sulfide) groups is 1. The number of amides is 2. The predicted octanol–water partition coefficient (Wildman–Crippen LogP) is 5.78. The smallest absolute Gasteiger partial charge is 0.243 e. The number of carbonyl (C=O) groups is 2. The van der Waals surface area contributed by atoms with Crippen molar-refractivity contribution in [3.8, 4) is 0 Å². The summed E-state index contributed by atoms with van der Waals surface area (Å²) in [5, 5.41) is 3.04. The van der Waals surface area contributed by atoms with Crippen molar-refractivity contribution in [3.05, 3.63) is 107 Å². The summed E-state index contributed by atoms with van der Waals surface area (Å²) < 4.78 is 0. The van der Waals surface area contributed by atoms with Gasteiger partial charge in [0.1, 0.15) is 6.04 Å². The summed E-state index contributed by atoms with van der Waals surface area (Å²) in [6, 6.07) is 27.8. The van der Waals surface area contributed by atoms with Crippen molar-refractivity contribution in [2.75, 3.05) is 12.3 Å². The highest BCUT2D eigenvalue weighted by Gasteiger charge is 2.30. The Labute approximate surface area is 214 Å². The number of benzene rings is 3. The van der Waals surface area contributed by atoms with Gasteiger partial charge in [-0.15, -0.1) is 0 Å². The summed E-state index contributed by atoms with van der Waals surface area (Å²) in [6.07, 6.45) is 1.74. The van der Waals surface area contributed by atoms with E-state index in [0.717, 1.165) is 28.9 Å². The number of hydrogen-bond donors (Lipinski definition) is 1. The Kier molecular flexibility index (Phi) is 10.9. The third-order valence-electron chi connectivity index (χ3n) is 5.99. The van der Waals surface area contributed by atoms with Crippen LogP contribution >= 0.6 is 11.8 Å². The Bertz CT molecular complexity index is 1060. The maximum Gasteiger partial charge on any atom is 0.243 e. The van der Waals surface area contributed by atoms with Crippen molar-refractivity contribution >= 4 is 23.6 Å². The molecule has 0 heterocycles. The van der Waals surface area contributed by atoms with E-state index >= 15 is 0 Å². The zero-order valence-electron chi connectivity index (χ0n) is 20.8. The Morgan fingerprint density at radius 1 is 0.886 bits per heavy atom. The topological polar surface area (TPSA) is 49.4 Å². The number of carbonyl (C=O) groups excluding carboxylic acids is 2. The van der Waals surface area contributed by atoms with E-state index in [2.05, 4.69) is 30.4 Å². The van der Waals surface area contributed by atoms with Gasteiger partial charge in [0.25, 0.3) is 0 Å². The molecule has 0 unspecified atom stereocenters. The molecule has 1 N–H and O–H groups in total. The van der Waals surface area contributed by atoms with Crippen molar-refractivity contribution in [2.24, 2.45) is 0 Å². The van der Waals surface area contributed by atoms with Crippen LogP contribution in [0.3, 0.4) is 0 Å². The molecule has 0 bridgehead atoms. The van der Waals surface area contributed by atoms with Gasteiger partial charge in [0.15, 0.2) is 0 Å². The van der Waals surface area contributed by atoms with Gasteiger partial charge in [-0.1, -0.05) is 91.9 Å². The fraction of sp³-hybridized carbons (Fsp3) is 0.333. The number of hydrogen-bond acceptors (Lipinski definition) is 3. The van der Waals surface area contributed by atoms with Gasteiger partial charge in [-0.05, 0) is 35.6 Å². The normalized spacial score (nSPS) is 11.6. The quantitative estimate of drug-likeness (QED) is 0.310. The second-order valence-electron chi connectivity index (χ2n) is 8.73. The molecule has 0 aliphatic rings. The molecule has 184 valence electrons. The lowest BCUT2D eigenvalue weighted by Gasteiger charge is -2.32. The highest BCUT2D eigenvalue weighted by Crippen LogP contribution is 2.19. The molecule has 35 heavy (non-hydrogen) atoms. The highest BCUT2D eigenvalue weighted by atomic mass is 32.2. The second-order valence-corrected chi connectivity index (χ2v) is 9.84. The van der Waals surface area contributed by atoms with E-state index in [1.54, 1.807) is 16.7 Å². The summed E-state index contributed by atoms with van der Waals surface area (Å²) in [5.74, 6) is 1.51. The fourth-order valence-corrected chi connectivity index (χ4v) is 4.85. The first-order valence-corrected chi connectivity index (χ1v) is 13.5. The largest absolute Gasteiger partial charge is 0.354 e. The van der Waals surface area contributed by atoms with Crippen LogP contribution in [0.25, 0.3) is 0 Å². The van der Waals surface area contributed by atoms with Crippen molar-refractivity contribution in [1.82, 2.24) is 10.2 Å². The summed E-state index contributed by atoms with van der Waals surface area (Å²) in [4.78, 5) is 28.7. The van der Waals surface area contributed by atoms with Crippen LogP contribution in [0, 0.1) is 6.92 Å². The molecule has 3 aromatic rings. The van der Waals surface area contributed by atoms with Crippen molar-refractivity contribution in [3.63, 3.8) is 0 Å². The van der Waals surface area contributed by atoms with Gasteiger partial charge in [-0.25, -0.2) is 0 Å². The zero-order chi connectivity index (χ0) is 24.9. The Morgan fingerprint density at radius 3 is 2.17 bits per heavy atom. The monoisotopic (exact) mass is 488 g/mol. The third kappa shape index (κ3) is 8.59. The molecule has 0 fully saturated rings. The molecule has 3 rings (SSSR count). The van der Waals surface area contributed by atoms with Crippen LogP contribution in [-0.2, 0) is 28.3 Å². The minimum Gasteiger partial charge on any atom is -0.354 e. The molecular formula is C30H36N2O2S. The molecular weight excluding hydrogens is 452 g/mol. The van der Waals surface area contributed by atoms with Gasteiger partial charge in [0.2, 0.25) is 11.8 Å². The third-order valence-corrected chi connectivity index (χ3v) is 7.02. The predicted molar refractivity (Wildman–Crippen MR) is 146 cm³/mol. The Morgan fingerprint density at radius 2 is 1.51 bits per heavy atom. The number of rotatable bonds is 13. The molecule has 0 radical (unpaired) electrons. The van der Waals surface area contributed by atoms with E-state index in [9.17, 15) is 9.59 Å². The van der Waals surface area contributed by atoms with E-state index in [4.69, 9.17) is 0 Å². The number of aryl methyl sites for hydroxylation is 1. The zero-order valence-corrected chi connectivity index (χ0v) is 21.6. The molecule has 0 saturated heterocycles. The van der Waals surface area contributed by atoms with E-state index in [1.807, 2.05) is 73.7 Å². The summed E-state index contributed by atoms with van der Waals surface area (Å²) >= 11 is 1.75. The molecule has 1 atom stereocenters. The van der Waals surface area contributed by atoms with Gasteiger partial charge >= 0.3 is 0 Å². The van der Waals surface area contributed by atoms with Gasteiger partial charge in [0, 0.05) is 37.4 Å². The Hall–Kier alpha value is -3.05. The van der Waals surface area contributed by atoms with Crippen LogP contribution in [0.2, 0.25) is 0 Å². The second kappa shape index (κ2) is 14.4. The molecule has 0 aliphatic carbocycles. The van der Waals surface area contributed by atoms with Crippen molar-refractivity contribution in [2.45, 2.75) is 51.4 Å². The molecule has 0 aromatic heterocycles. The van der Waals surface area contributed by atoms with E-state index in [1.165, 1.54) is 5.56 Å². The average molecular weight is 489 g/mol. The maximum atomic E-state index is 13.6. The molecule has 0 spiro atoms. The van der Waals surface area contributed by atoms with Crippen LogP contribution < -0.4 is 5.32 Å². The van der Waals surface area contributed by atoms with Gasteiger partial charge in [0.05, 0.1) is 0 Å². The summed E-state index contributed by atoms with van der Waals surface area (Å²) in [5.41, 5.74) is 4.49. The SMILES string of the molecule is CCCNC(=O)[C@@H](Cc1ccccc1)N(Cc1ccccc1C)C(=O)CCSCc1ccccc1. The van der Waals surface area contributed by atoms with Crippen molar-refractivity contribution in [1.29, 1.82) is 0 Å². The first-order chi connectivity index (χ1) is 17.1. The van der Waals surface area contributed by atoms with Gasteiger partial charge < -0.3 is 10.2 Å². The molecule has 5 heteroatoms. The molecule has 0 aliphatic heterocycles. The first-order valence-electron chi connectivity index (χ1n) is 12.4. The first kappa shape index (κ1) is 26.6. The van der Waals surface area contributed by atoms with Crippen LogP contribution in [0.1, 0.15) is 42.0 Å². The average Bonchev–Trinajstić information content (AvgIpc) is 2.89. The van der Waals surface area contributed by atoms with Crippen LogP contribution in [0.4, 0.5) is 0 Å². The number of nitrogens with one attached hydrogen (secondary N) is 1. The Balaban J connectivity index is 1.79. The standard InChI is InChI=1S/C30H36N2O2S/c1-3-19-31-30(34)28(21-25-13-6-4-7-14-25)32(22-27-17-11-10-12-24(27)2)29(33)18-20-35-23-26-15-8-5-9-16-26/h4-17,28H,3,18-23H2,1-2H3,(H,31,34)/t28-/m1/s1. The molecule has 3 aromatic carbocycles. The van der Waals surface area contributed by atoms with Gasteiger partial charge in [-0.2, -0.15) is 11.8 Å².